The van der Waals surface area contributed by atoms with Gasteiger partial charge in [-0.3, -0.25) is 4.68 Å². The average molecular weight is 325 g/mol. The van der Waals surface area contributed by atoms with Crippen LogP contribution in [0.1, 0.15) is 17.0 Å². The molecule has 1 aromatic carbocycles. The highest BCUT2D eigenvalue weighted by molar-refractivity contribution is 9.10. The van der Waals surface area contributed by atoms with E-state index in [4.69, 9.17) is 9.47 Å². The van der Waals surface area contributed by atoms with Crippen LogP contribution in [0.5, 0.6) is 11.5 Å². The highest BCUT2D eigenvalue weighted by Crippen LogP contribution is 2.28. The van der Waals surface area contributed by atoms with Gasteiger partial charge in [0.1, 0.15) is 0 Å². The molecule has 1 aromatic heterocycles. The third-order valence-electron chi connectivity index (χ3n) is 3.07. The summed E-state index contributed by atoms with van der Waals surface area (Å²) in [5, 5.41) is 4.50. The average Bonchev–Trinajstić information content (AvgIpc) is 2.66. The molecule has 19 heavy (non-hydrogen) atoms. The number of aryl methyl sites for hydroxylation is 1. The molecule has 0 aliphatic heterocycles. The van der Waals surface area contributed by atoms with Crippen molar-refractivity contribution in [1.82, 2.24) is 9.78 Å². The van der Waals surface area contributed by atoms with Gasteiger partial charge in [0.15, 0.2) is 11.5 Å². The maximum absolute atomic E-state index is 5.31. The van der Waals surface area contributed by atoms with Crippen LogP contribution in [-0.4, -0.2) is 24.0 Å². The van der Waals surface area contributed by atoms with Crippen molar-refractivity contribution >= 4 is 15.9 Å². The third kappa shape index (κ3) is 2.76. The monoisotopic (exact) mass is 324 g/mol. The van der Waals surface area contributed by atoms with Crippen LogP contribution in [0.4, 0.5) is 0 Å². The second-order valence-electron chi connectivity index (χ2n) is 4.33. The van der Waals surface area contributed by atoms with E-state index in [9.17, 15) is 0 Å². The first-order chi connectivity index (χ1) is 9.06. The van der Waals surface area contributed by atoms with Crippen LogP contribution in [0.2, 0.25) is 0 Å². The fourth-order valence-electron chi connectivity index (χ4n) is 1.98. The van der Waals surface area contributed by atoms with Crippen molar-refractivity contribution in [3.8, 4) is 11.5 Å². The van der Waals surface area contributed by atoms with E-state index in [-0.39, 0.29) is 0 Å². The van der Waals surface area contributed by atoms with Gasteiger partial charge in [0.25, 0.3) is 0 Å². The van der Waals surface area contributed by atoms with Crippen LogP contribution in [0.3, 0.4) is 0 Å². The van der Waals surface area contributed by atoms with Crippen molar-refractivity contribution in [2.45, 2.75) is 20.4 Å². The smallest absolute Gasteiger partial charge is 0.161 e. The summed E-state index contributed by atoms with van der Waals surface area (Å²) in [6, 6.07) is 5.91. The Morgan fingerprint density at radius 3 is 2.37 bits per heavy atom. The highest BCUT2D eigenvalue weighted by Gasteiger charge is 2.10. The standard InChI is InChI=1S/C14H17BrN2O2/c1-9-14(15)10(2)17(16-9)8-11-5-6-12(18-3)13(7-11)19-4/h5-7H,8H2,1-4H3. The first-order valence-corrected chi connectivity index (χ1v) is 6.76. The Hall–Kier alpha value is -1.49. The zero-order valence-corrected chi connectivity index (χ0v) is 13.1. The van der Waals surface area contributed by atoms with Crippen molar-refractivity contribution in [2.75, 3.05) is 14.2 Å². The van der Waals surface area contributed by atoms with Gasteiger partial charge in [0.2, 0.25) is 0 Å². The van der Waals surface area contributed by atoms with E-state index in [1.807, 2.05) is 36.7 Å². The molecule has 5 heteroatoms. The quantitative estimate of drug-likeness (QED) is 0.865. The maximum atomic E-state index is 5.31. The predicted octanol–water partition coefficient (Wildman–Crippen LogP) is 3.33. The number of aromatic nitrogens is 2. The van der Waals surface area contributed by atoms with E-state index in [0.717, 1.165) is 32.9 Å². The van der Waals surface area contributed by atoms with E-state index >= 15 is 0 Å². The lowest BCUT2D eigenvalue weighted by atomic mass is 10.2. The van der Waals surface area contributed by atoms with E-state index in [2.05, 4.69) is 21.0 Å². The second kappa shape index (κ2) is 5.65. The van der Waals surface area contributed by atoms with Crippen LogP contribution < -0.4 is 9.47 Å². The van der Waals surface area contributed by atoms with Gasteiger partial charge in [0, 0.05) is 0 Å². The van der Waals surface area contributed by atoms with Crippen molar-refractivity contribution in [2.24, 2.45) is 0 Å². The maximum Gasteiger partial charge on any atom is 0.161 e. The molecule has 0 aliphatic carbocycles. The Balaban J connectivity index is 2.30. The zero-order valence-electron chi connectivity index (χ0n) is 11.5. The fraction of sp³-hybridized carbons (Fsp3) is 0.357. The summed E-state index contributed by atoms with van der Waals surface area (Å²) in [7, 11) is 3.27. The number of methoxy groups -OCH3 is 2. The van der Waals surface area contributed by atoms with Gasteiger partial charge in [-0.15, -0.1) is 0 Å². The molecular weight excluding hydrogens is 308 g/mol. The molecule has 0 aliphatic rings. The molecule has 1 heterocycles. The lowest BCUT2D eigenvalue weighted by molar-refractivity contribution is 0.354. The van der Waals surface area contributed by atoms with E-state index in [0.29, 0.717) is 6.54 Å². The van der Waals surface area contributed by atoms with E-state index < -0.39 is 0 Å². The SMILES string of the molecule is COc1ccc(Cn2nc(C)c(Br)c2C)cc1OC. The molecule has 0 spiro atoms. The van der Waals surface area contributed by atoms with Gasteiger partial charge in [-0.1, -0.05) is 6.07 Å². The minimum Gasteiger partial charge on any atom is -0.493 e. The molecule has 0 saturated heterocycles. The Morgan fingerprint density at radius 1 is 1.16 bits per heavy atom. The first-order valence-electron chi connectivity index (χ1n) is 5.97. The number of halogens is 1. The van der Waals surface area contributed by atoms with Crippen molar-refractivity contribution in [1.29, 1.82) is 0 Å². The van der Waals surface area contributed by atoms with E-state index in [1.165, 1.54) is 0 Å². The largest absolute Gasteiger partial charge is 0.493 e. The molecule has 0 N–H and O–H groups in total. The molecule has 2 rings (SSSR count). The Labute approximate surface area is 121 Å². The number of ether oxygens (including phenoxy) is 2. The van der Waals surface area contributed by atoms with Gasteiger partial charge in [-0.2, -0.15) is 5.10 Å². The molecule has 102 valence electrons. The molecule has 0 amide bonds. The Kier molecular flexibility index (Phi) is 4.14. The molecule has 0 bridgehead atoms. The molecule has 0 fully saturated rings. The number of benzene rings is 1. The summed E-state index contributed by atoms with van der Waals surface area (Å²) in [5.74, 6) is 1.47. The van der Waals surface area contributed by atoms with Crippen molar-refractivity contribution in [3.05, 3.63) is 39.6 Å². The normalized spacial score (nSPS) is 10.6. The Bertz CT molecular complexity index is 593. The van der Waals surface area contributed by atoms with Crippen LogP contribution in [0.25, 0.3) is 0 Å². The molecule has 0 atom stereocenters. The van der Waals surface area contributed by atoms with Gasteiger partial charge in [-0.25, -0.2) is 0 Å². The lowest BCUT2D eigenvalue weighted by Crippen LogP contribution is -2.04. The molecule has 0 radical (unpaired) electrons. The molecule has 4 nitrogen and oxygen atoms in total. The summed E-state index contributed by atoms with van der Waals surface area (Å²) in [6.07, 6.45) is 0. The zero-order chi connectivity index (χ0) is 14.0. The van der Waals surface area contributed by atoms with Crippen LogP contribution in [-0.2, 0) is 6.54 Å². The summed E-state index contributed by atoms with van der Waals surface area (Å²) >= 11 is 3.54. The minimum absolute atomic E-state index is 0.707. The Morgan fingerprint density at radius 2 is 1.84 bits per heavy atom. The molecule has 0 unspecified atom stereocenters. The van der Waals surface area contributed by atoms with Gasteiger partial charge >= 0.3 is 0 Å². The second-order valence-corrected chi connectivity index (χ2v) is 5.12. The summed E-state index contributed by atoms with van der Waals surface area (Å²) in [6.45, 7) is 4.74. The van der Waals surface area contributed by atoms with Gasteiger partial charge in [0.05, 0.1) is 36.6 Å². The van der Waals surface area contributed by atoms with E-state index in [1.54, 1.807) is 14.2 Å². The topological polar surface area (TPSA) is 36.3 Å². The van der Waals surface area contributed by atoms with Crippen LogP contribution in [0, 0.1) is 13.8 Å². The fourth-order valence-corrected chi connectivity index (χ4v) is 2.26. The third-order valence-corrected chi connectivity index (χ3v) is 4.22. The van der Waals surface area contributed by atoms with Gasteiger partial charge in [-0.05, 0) is 47.5 Å². The van der Waals surface area contributed by atoms with Gasteiger partial charge < -0.3 is 9.47 Å². The molecular formula is C14H17BrN2O2. The minimum atomic E-state index is 0.707. The highest BCUT2D eigenvalue weighted by atomic mass is 79.9. The molecule has 2 aromatic rings. The lowest BCUT2D eigenvalue weighted by Gasteiger charge is -2.10. The summed E-state index contributed by atoms with van der Waals surface area (Å²) < 4.78 is 13.6. The van der Waals surface area contributed by atoms with Crippen molar-refractivity contribution in [3.63, 3.8) is 0 Å². The number of nitrogens with zero attached hydrogens (tertiary/aromatic N) is 2. The number of rotatable bonds is 4. The van der Waals surface area contributed by atoms with Crippen LogP contribution in [0.15, 0.2) is 22.7 Å². The first kappa shape index (κ1) is 13.9. The summed E-state index contributed by atoms with van der Waals surface area (Å²) in [4.78, 5) is 0. The number of hydrogen-bond acceptors (Lipinski definition) is 3. The predicted molar refractivity (Wildman–Crippen MR) is 78.0 cm³/mol. The number of hydrogen-bond donors (Lipinski definition) is 0. The summed E-state index contributed by atoms with van der Waals surface area (Å²) in [5.41, 5.74) is 3.24. The van der Waals surface area contributed by atoms with Crippen molar-refractivity contribution < 1.29 is 9.47 Å². The van der Waals surface area contributed by atoms with Crippen LogP contribution >= 0.6 is 15.9 Å². The molecule has 0 saturated carbocycles.